The molecular weight excluding hydrogens is 234 g/mol. The predicted molar refractivity (Wildman–Crippen MR) is 31.5 cm³/mol. The van der Waals surface area contributed by atoms with Crippen molar-refractivity contribution in [2.24, 2.45) is 0 Å². The van der Waals surface area contributed by atoms with Gasteiger partial charge in [-0.25, -0.2) is 0 Å². The molecule has 0 aliphatic heterocycles. The molecule has 0 amide bonds. The molecule has 0 aromatic heterocycles. The molecule has 0 unspecified atom stereocenters. The minimum atomic E-state index is 0.845. The van der Waals surface area contributed by atoms with Crippen LogP contribution in [0.2, 0.25) is 5.02 Å². The number of hydrogen-bond donors (Lipinski definition) is 0. The third-order valence-corrected chi connectivity index (χ3v) is 2.53. The first kappa shape index (κ1) is 6.36. The summed E-state index contributed by atoms with van der Waals surface area (Å²) in [5.74, 6) is 0. The van der Waals surface area contributed by atoms with E-state index in [1.54, 1.807) is 0 Å². The summed E-state index contributed by atoms with van der Waals surface area (Å²) in [4.78, 5) is 0. The summed E-state index contributed by atoms with van der Waals surface area (Å²) in [6.07, 6.45) is 0. The van der Waals surface area contributed by atoms with Crippen LogP contribution in [0.4, 0.5) is 0 Å². The second-order valence-corrected chi connectivity index (χ2v) is 3.09. The molecule has 2 heteroatoms. The Kier molecular flexibility index (Phi) is 2.14. The Bertz CT molecular complexity index is 165. The van der Waals surface area contributed by atoms with Crippen molar-refractivity contribution in [1.29, 1.82) is 0 Å². The summed E-state index contributed by atoms with van der Waals surface area (Å²) >= 11 is 7.63. The van der Waals surface area contributed by atoms with Crippen molar-refractivity contribution in [2.75, 3.05) is 0 Å². The van der Waals surface area contributed by atoms with Crippen LogP contribution in [0.15, 0.2) is 24.3 Å². The van der Waals surface area contributed by atoms with Gasteiger partial charge in [-0.2, -0.15) is 0 Å². The Balaban J connectivity index is 3.13. The summed E-state index contributed by atoms with van der Waals surface area (Å²) < 4.78 is 1.14. The number of hydrogen-bond acceptors (Lipinski definition) is 0. The smallest absolute Gasteiger partial charge is 0.0794 e. The summed E-state index contributed by atoms with van der Waals surface area (Å²) in [5, 5.41) is 0.845. The fourth-order valence-electron chi connectivity index (χ4n) is 0.445. The largest absolute Gasteiger partial charge is 0.298 e. The van der Waals surface area contributed by atoms with Gasteiger partial charge in [-0.15, -0.1) is 0 Å². The lowest BCUT2D eigenvalue weighted by Gasteiger charge is -1.81. The lowest BCUT2D eigenvalue weighted by molar-refractivity contribution is -0.328. The molecule has 0 spiro atoms. The van der Waals surface area contributed by atoms with Crippen LogP contribution in [0.25, 0.3) is 0 Å². The van der Waals surface area contributed by atoms with Gasteiger partial charge in [0.05, 0.1) is 5.02 Å². The van der Waals surface area contributed by atoms with Crippen molar-refractivity contribution in [2.45, 2.75) is 0 Å². The first-order valence-corrected chi connectivity index (χ1v) is 3.76. The Morgan fingerprint density at radius 2 is 1.88 bits per heavy atom. The van der Waals surface area contributed by atoms with E-state index in [4.69, 9.17) is 11.6 Å². The molecule has 42 valence electrons. The van der Waals surface area contributed by atoms with Crippen molar-refractivity contribution in [3.05, 3.63) is 32.9 Å². The fourth-order valence-corrected chi connectivity index (χ4v) is 0.999. The number of benzene rings is 1. The predicted octanol–water partition coefficient (Wildman–Crippen LogP) is -1.20. The van der Waals surface area contributed by atoms with Gasteiger partial charge in [0.15, 0.2) is 0 Å². The van der Waals surface area contributed by atoms with E-state index in [1.807, 2.05) is 46.9 Å². The maximum atomic E-state index is 5.71. The molecule has 0 fully saturated rings. The van der Waals surface area contributed by atoms with Crippen LogP contribution in [0, 0.1) is 3.57 Å². The molecular formula is C6H5ClI+. The van der Waals surface area contributed by atoms with Crippen LogP contribution >= 0.6 is 11.6 Å². The van der Waals surface area contributed by atoms with E-state index in [9.17, 15) is 0 Å². The molecule has 8 heavy (non-hydrogen) atoms. The van der Waals surface area contributed by atoms with Crippen molar-refractivity contribution in [3.63, 3.8) is 0 Å². The topological polar surface area (TPSA) is 0 Å². The van der Waals surface area contributed by atoms with Crippen LogP contribution in [-0.2, 0) is 0 Å². The average Bonchev–Trinajstić information content (AvgIpc) is 1.77. The molecule has 0 saturated carbocycles. The first-order chi connectivity index (χ1) is 3.80. The highest BCUT2D eigenvalue weighted by atomic mass is 127. The lowest BCUT2D eigenvalue weighted by Crippen LogP contribution is -3.34. The molecule has 0 heterocycles. The summed E-state index contributed by atoms with van der Waals surface area (Å²) in [6.45, 7) is 0. The van der Waals surface area contributed by atoms with E-state index < -0.39 is 0 Å². The van der Waals surface area contributed by atoms with E-state index >= 15 is 0 Å². The third kappa shape index (κ3) is 1.36. The van der Waals surface area contributed by atoms with Gasteiger partial charge in [-0.1, -0.05) is 23.7 Å². The molecule has 0 nitrogen and oxygen atoms in total. The van der Waals surface area contributed by atoms with E-state index in [2.05, 4.69) is 0 Å². The highest BCUT2D eigenvalue weighted by molar-refractivity contribution is 6.30. The van der Waals surface area contributed by atoms with Gasteiger partial charge >= 0.3 is 0 Å². The molecule has 0 aliphatic carbocycles. The highest BCUT2D eigenvalue weighted by Crippen LogP contribution is 2.04. The summed E-state index contributed by atoms with van der Waals surface area (Å²) in [5.41, 5.74) is 0. The SMILES string of the molecule is Clc1ccccc1[IH+]. The van der Waals surface area contributed by atoms with Crippen molar-refractivity contribution >= 4 is 11.6 Å². The zero-order valence-corrected chi connectivity index (χ0v) is 7.18. The normalized spacial score (nSPS) is 9.25. The van der Waals surface area contributed by atoms with Crippen LogP contribution in [0.1, 0.15) is 0 Å². The minimum Gasteiger partial charge on any atom is -0.0794 e. The van der Waals surface area contributed by atoms with Gasteiger partial charge < -0.3 is 0 Å². The van der Waals surface area contributed by atoms with Crippen molar-refractivity contribution < 1.29 is 22.6 Å². The molecule has 0 atom stereocenters. The second kappa shape index (κ2) is 2.69. The minimum absolute atomic E-state index is 0.845. The zero-order valence-electron chi connectivity index (χ0n) is 4.10. The molecule has 1 aromatic carbocycles. The molecule has 0 bridgehead atoms. The molecule has 0 saturated heterocycles. The van der Waals surface area contributed by atoms with Crippen molar-refractivity contribution in [3.8, 4) is 0 Å². The Hall–Kier alpha value is 0.240. The molecule has 0 N–H and O–H groups in total. The highest BCUT2D eigenvalue weighted by Gasteiger charge is 1.98. The summed E-state index contributed by atoms with van der Waals surface area (Å²) in [7, 11) is 0. The van der Waals surface area contributed by atoms with Gasteiger partial charge in [0.25, 0.3) is 22.6 Å². The van der Waals surface area contributed by atoms with Crippen molar-refractivity contribution in [1.82, 2.24) is 0 Å². The van der Waals surface area contributed by atoms with Crippen LogP contribution in [0.3, 0.4) is 0 Å². The fraction of sp³-hybridized carbons (Fsp3) is 0. The number of halogens is 2. The maximum absolute atomic E-state index is 5.71. The Labute approximate surface area is 67.0 Å². The van der Waals surface area contributed by atoms with E-state index in [0.717, 1.165) is 8.59 Å². The second-order valence-electron chi connectivity index (χ2n) is 1.43. The molecule has 1 rings (SSSR count). The van der Waals surface area contributed by atoms with E-state index in [0.29, 0.717) is 0 Å². The monoisotopic (exact) mass is 239 g/mol. The molecule has 0 radical (unpaired) electrons. The van der Waals surface area contributed by atoms with E-state index in [1.165, 1.54) is 0 Å². The number of rotatable bonds is 0. The van der Waals surface area contributed by atoms with Gasteiger partial charge in [-0.05, 0) is 12.1 Å². The average molecular weight is 239 g/mol. The van der Waals surface area contributed by atoms with Gasteiger partial charge in [0.1, 0.15) is 0 Å². The Morgan fingerprint density at radius 3 is 2.25 bits per heavy atom. The van der Waals surface area contributed by atoms with Gasteiger partial charge in [0.2, 0.25) is 3.57 Å². The lowest BCUT2D eigenvalue weighted by atomic mass is 10.4. The first-order valence-electron chi connectivity index (χ1n) is 2.22. The zero-order chi connectivity index (χ0) is 5.98. The van der Waals surface area contributed by atoms with Crippen LogP contribution in [-0.4, -0.2) is 0 Å². The van der Waals surface area contributed by atoms with Gasteiger partial charge in [0, 0.05) is 0 Å². The van der Waals surface area contributed by atoms with Gasteiger partial charge in [-0.3, -0.25) is 0 Å². The molecule has 1 aromatic rings. The van der Waals surface area contributed by atoms with Crippen LogP contribution < -0.4 is 22.6 Å². The third-order valence-electron chi connectivity index (χ3n) is 0.837. The Morgan fingerprint density at radius 1 is 1.25 bits per heavy atom. The molecule has 0 aliphatic rings. The quantitative estimate of drug-likeness (QED) is 0.499. The van der Waals surface area contributed by atoms with E-state index in [-0.39, 0.29) is 0 Å². The maximum Gasteiger partial charge on any atom is 0.298 e. The standard InChI is InChI=1S/C6H5ClI/c7-5-3-1-2-4-6(5)8/h1-4,8H/q+1. The summed E-state index contributed by atoms with van der Waals surface area (Å²) in [6, 6.07) is 7.78. The van der Waals surface area contributed by atoms with Crippen LogP contribution in [0.5, 0.6) is 0 Å².